The Morgan fingerprint density at radius 1 is 1.27 bits per heavy atom. The molecule has 1 aliphatic heterocycles. The quantitative estimate of drug-likeness (QED) is 0.403. The third kappa shape index (κ3) is 5.45. The van der Waals surface area contributed by atoms with E-state index in [-0.39, 0.29) is 35.8 Å². The first kappa shape index (κ1) is 21.1. The van der Waals surface area contributed by atoms with Crippen LogP contribution in [0.25, 0.3) is 0 Å². The number of carbonyl (C=O) groups excluding carboxylic acids is 1. The summed E-state index contributed by atoms with van der Waals surface area (Å²) in [6, 6.07) is 8.31. The molecule has 0 spiro atoms. The minimum Gasteiger partial charge on any atom is -0.493 e. The lowest BCUT2D eigenvalue weighted by Crippen LogP contribution is -2.25. The number of carboxylic acids is 1. The number of ether oxygens (including phenoxy) is 4. The number of rotatable bonds is 9. The zero-order valence-corrected chi connectivity index (χ0v) is 16.6. The Morgan fingerprint density at radius 2 is 2.07 bits per heavy atom. The fourth-order valence-electron chi connectivity index (χ4n) is 2.50. The molecule has 0 aromatic heterocycles. The molecule has 0 saturated carbocycles. The molecule has 3 N–H and O–H groups in total. The van der Waals surface area contributed by atoms with E-state index in [0.717, 1.165) is 0 Å². The van der Waals surface area contributed by atoms with Crippen molar-refractivity contribution in [3.63, 3.8) is 0 Å². The highest BCUT2D eigenvalue weighted by molar-refractivity contribution is 6.32. The van der Waals surface area contributed by atoms with E-state index in [2.05, 4.69) is 15.8 Å². The van der Waals surface area contributed by atoms with Gasteiger partial charge in [-0.1, -0.05) is 11.6 Å². The molecule has 30 heavy (non-hydrogen) atoms. The van der Waals surface area contributed by atoms with Crippen LogP contribution in [0.2, 0.25) is 5.02 Å². The number of hydrogen-bond donors (Lipinski definition) is 3. The number of hydrazone groups is 1. The second kappa shape index (κ2) is 9.70. The number of hydrogen-bond acceptors (Lipinski definition) is 8. The van der Waals surface area contributed by atoms with E-state index >= 15 is 0 Å². The number of methoxy groups -OCH3 is 1. The molecule has 1 aliphatic rings. The predicted molar refractivity (Wildman–Crippen MR) is 108 cm³/mol. The number of nitrogens with zero attached hydrogens (tertiary/aromatic N) is 1. The van der Waals surface area contributed by atoms with Crippen LogP contribution in [-0.2, 0) is 9.59 Å². The van der Waals surface area contributed by atoms with Crippen LogP contribution in [0.3, 0.4) is 0 Å². The number of carboxylic acid groups (broad SMARTS) is 1. The number of benzene rings is 2. The molecule has 0 saturated heterocycles. The van der Waals surface area contributed by atoms with Crippen molar-refractivity contribution in [3.05, 3.63) is 40.9 Å². The van der Waals surface area contributed by atoms with Crippen molar-refractivity contribution < 1.29 is 33.6 Å². The number of fused-ring (bicyclic) bond motifs is 1. The van der Waals surface area contributed by atoms with E-state index in [0.29, 0.717) is 22.7 Å². The Bertz CT molecular complexity index is 981. The van der Waals surface area contributed by atoms with Gasteiger partial charge in [0.05, 0.1) is 24.9 Å². The van der Waals surface area contributed by atoms with E-state index in [4.69, 9.17) is 35.7 Å². The van der Waals surface area contributed by atoms with Gasteiger partial charge in [-0.3, -0.25) is 4.79 Å². The molecule has 158 valence electrons. The third-order valence-electron chi connectivity index (χ3n) is 3.82. The van der Waals surface area contributed by atoms with Gasteiger partial charge in [-0.2, -0.15) is 5.10 Å². The highest BCUT2D eigenvalue weighted by Crippen LogP contribution is 2.36. The third-order valence-corrected chi connectivity index (χ3v) is 4.10. The summed E-state index contributed by atoms with van der Waals surface area (Å²) in [5, 5.41) is 15.7. The van der Waals surface area contributed by atoms with Crippen molar-refractivity contribution >= 4 is 35.4 Å². The lowest BCUT2D eigenvalue weighted by atomic mass is 10.2. The van der Waals surface area contributed by atoms with Crippen LogP contribution in [0.15, 0.2) is 35.4 Å². The van der Waals surface area contributed by atoms with Crippen LogP contribution in [0.4, 0.5) is 5.69 Å². The second-order valence-corrected chi connectivity index (χ2v) is 6.34. The Hall–Kier alpha value is -3.66. The van der Waals surface area contributed by atoms with Crippen molar-refractivity contribution in [2.45, 2.75) is 0 Å². The Morgan fingerprint density at radius 3 is 2.83 bits per heavy atom. The van der Waals surface area contributed by atoms with Gasteiger partial charge in [0.15, 0.2) is 29.6 Å². The molecule has 2 aromatic carbocycles. The minimum atomic E-state index is -1.14. The van der Waals surface area contributed by atoms with Gasteiger partial charge in [0.2, 0.25) is 6.79 Å². The van der Waals surface area contributed by atoms with Gasteiger partial charge < -0.3 is 29.4 Å². The van der Waals surface area contributed by atoms with Crippen LogP contribution >= 0.6 is 11.6 Å². The second-order valence-electron chi connectivity index (χ2n) is 5.93. The summed E-state index contributed by atoms with van der Waals surface area (Å²) in [4.78, 5) is 22.6. The van der Waals surface area contributed by atoms with Crippen molar-refractivity contribution in [2.24, 2.45) is 5.10 Å². The van der Waals surface area contributed by atoms with E-state index in [1.807, 2.05) is 0 Å². The number of aliphatic carboxylic acids is 1. The molecule has 1 amide bonds. The SMILES string of the molecule is COc1cc(/C=N\NC(=O)CNc2ccc3c(c2)OCO3)cc(Cl)c1OCC(=O)O. The molecule has 3 rings (SSSR count). The van der Waals surface area contributed by atoms with Crippen molar-refractivity contribution in [2.75, 3.05) is 32.4 Å². The average Bonchev–Trinajstić information content (AvgIpc) is 3.18. The first-order valence-corrected chi connectivity index (χ1v) is 9.01. The fourth-order valence-corrected chi connectivity index (χ4v) is 2.77. The summed E-state index contributed by atoms with van der Waals surface area (Å²) in [5.74, 6) is 0.0963. The van der Waals surface area contributed by atoms with E-state index in [9.17, 15) is 9.59 Å². The molecule has 0 unspecified atom stereocenters. The first-order chi connectivity index (χ1) is 14.5. The van der Waals surface area contributed by atoms with Crippen molar-refractivity contribution in [3.8, 4) is 23.0 Å². The first-order valence-electron chi connectivity index (χ1n) is 8.64. The summed E-state index contributed by atoms with van der Waals surface area (Å²) in [7, 11) is 1.39. The maximum absolute atomic E-state index is 12.0. The number of amides is 1. The molecule has 0 bridgehead atoms. The van der Waals surface area contributed by atoms with Gasteiger partial charge in [-0.05, 0) is 29.8 Å². The number of anilines is 1. The van der Waals surface area contributed by atoms with Gasteiger partial charge in [0.1, 0.15) is 0 Å². The Labute approximate surface area is 176 Å². The van der Waals surface area contributed by atoms with Crippen molar-refractivity contribution in [1.82, 2.24) is 5.43 Å². The highest BCUT2D eigenvalue weighted by Gasteiger charge is 2.14. The van der Waals surface area contributed by atoms with Crippen LogP contribution in [-0.4, -0.2) is 50.3 Å². The largest absolute Gasteiger partial charge is 0.493 e. The molecule has 0 aliphatic carbocycles. The van der Waals surface area contributed by atoms with E-state index in [1.165, 1.54) is 19.4 Å². The number of carbonyl (C=O) groups is 2. The Balaban J connectivity index is 1.54. The lowest BCUT2D eigenvalue weighted by molar-refractivity contribution is -0.139. The van der Waals surface area contributed by atoms with Gasteiger partial charge in [-0.25, -0.2) is 10.2 Å². The van der Waals surface area contributed by atoms with Gasteiger partial charge in [-0.15, -0.1) is 0 Å². The summed E-state index contributed by atoms with van der Waals surface area (Å²) >= 11 is 6.12. The summed E-state index contributed by atoms with van der Waals surface area (Å²) < 4.78 is 20.8. The monoisotopic (exact) mass is 435 g/mol. The Kier molecular flexibility index (Phi) is 6.81. The zero-order chi connectivity index (χ0) is 21.5. The molecule has 10 nitrogen and oxygen atoms in total. The van der Waals surface area contributed by atoms with Crippen molar-refractivity contribution in [1.29, 1.82) is 0 Å². The minimum absolute atomic E-state index is 0.0109. The smallest absolute Gasteiger partial charge is 0.341 e. The highest BCUT2D eigenvalue weighted by atomic mass is 35.5. The van der Waals surface area contributed by atoms with Gasteiger partial charge in [0, 0.05) is 11.8 Å². The van der Waals surface area contributed by atoms with Gasteiger partial charge >= 0.3 is 5.97 Å². The molecule has 1 heterocycles. The molecule has 0 fully saturated rings. The van der Waals surface area contributed by atoms with Crippen LogP contribution in [0.5, 0.6) is 23.0 Å². The van der Waals surface area contributed by atoms with Crippen LogP contribution < -0.4 is 29.7 Å². The molecule has 11 heteroatoms. The summed E-state index contributed by atoms with van der Waals surface area (Å²) in [6.07, 6.45) is 1.37. The average molecular weight is 436 g/mol. The van der Waals surface area contributed by atoms with Crippen LogP contribution in [0, 0.1) is 0 Å². The van der Waals surface area contributed by atoms with Gasteiger partial charge in [0.25, 0.3) is 5.91 Å². The molecule has 2 aromatic rings. The standard InChI is InChI=1S/C19H18ClN3O7/c1-27-16-5-11(4-13(20)19(16)28-9-18(25)26)7-22-23-17(24)8-21-12-2-3-14-15(6-12)30-10-29-14/h2-7,21H,8-10H2,1H3,(H,23,24)(H,25,26)/b22-7-. The zero-order valence-electron chi connectivity index (χ0n) is 15.8. The van der Waals surface area contributed by atoms with Crippen LogP contribution in [0.1, 0.15) is 5.56 Å². The topological polar surface area (TPSA) is 128 Å². The number of nitrogens with one attached hydrogen (secondary N) is 2. The lowest BCUT2D eigenvalue weighted by Gasteiger charge is -2.11. The maximum Gasteiger partial charge on any atom is 0.341 e. The number of halogens is 1. The predicted octanol–water partition coefficient (Wildman–Crippen LogP) is 2.10. The van der Waals surface area contributed by atoms with E-state index < -0.39 is 12.6 Å². The maximum atomic E-state index is 12.0. The van der Waals surface area contributed by atoms with E-state index in [1.54, 1.807) is 24.3 Å². The summed E-state index contributed by atoms with van der Waals surface area (Å²) in [5.41, 5.74) is 3.60. The summed E-state index contributed by atoms with van der Waals surface area (Å²) in [6.45, 7) is -0.394. The normalized spacial score (nSPS) is 11.9. The fraction of sp³-hybridized carbons (Fsp3) is 0.211. The molecular weight excluding hydrogens is 418 g/mol. The molecular formula is C19H18ClN3O7. The molecule has 0 radical (unpaired) electrons. The molecule has 0 atom stereocenters.